The van der Waals surface area contributed by atoms with E-state index >= 15 is 0 Å². The number of ether oxygens (including phenoxy) is 1. The molecule has 3 atom stereocenters. The molecule has 0 saturated carbocycles. The average Bonchev–Trinajstić information content (AvgIpc) is 2.82. The monoisotopic (exact) mass is 194 g/mol. The van der Waals surface area contributed by atoms with Gasteiger partial charge in [0.1, 0.15) is 5.82 Å². The Labute approximate surface area is 82.3 Å². The van der Waals surface area contributed by atoms with Gasteiger partial charge in [-0.1, -0.05) is 0 Å². The van der Waals surface area contributed by atoms with Crippen molar-refractivity contribution in [1.82, 2.24) is 9.97 Å². The molecule has 76 valence electrons. The van der Waals surface area contributed by atoms with Gasteiger partial charge in [-0.3, -0.25) is 0 Å². The van der Waals surface area contributed by atoms with Crippen LogP contribution in [0.2, 0.25) is 0 Å². The van der Waals surface area contributed by atoms with Crippen LogP contribution in [0.3, 0.4) is 0 Å². The van der Waals surface area contributed by atoms with Gasteiger partial charge in [0.15, 0.2) is 0 Å². The number of aryl methyl sites for hydroxylation is 1. The van der Waals surface area contributed by atoms with Crippen LogP contribution < -0.4 is 0 Å². The number of hydrogen-bond donors (Lipinski definition) is 2. The highest BCUT2D eigenvalue weighted by molar-refractivity contribution is 5.21. The van der Waals surface area contributed by atoms with Crippen LogP contribution in [0, 0.1) is 6.92 Å². The van der Waals surface area contributed by atoms with Crippen LogP contribution in [0.4, 0.5) is 0 Å². The van der Waals surface area contributed by atoms with E-state index in [1.54, 1.807) is 0 Å². The van der Waals surface area contributed by atoms with Crippen LogP contribution >= 0.6 is 0 Å². The van der Waals surface area contributed by atoms with Crippen molar-refractivity contribution >= 4 is 0 Å². The van der Waals surface area contributed by atoms with Crippen LogP contribution in [0.15, 0.2) is 0 Å². The molecule has 2 fully saturated rings. The Morgan fingerprint density at radius 3 is 2.86 bits per heavy atom. The minimum atomic E-state index is 0.128. The van der Waals surface area contributed by atoms with Gasteiger partial charge in [0.05, 0.1) is 17.9 Å². The van der Waals surface area contributed by atoms with Crippen LogP contribution in [0.1, 0.15) is 36.7 Å². The van der Waals surface area contributed by atoms with Gasteiger partial charge in [-0.15, -0.1) is 0 Å². The molecule has 4 nitrogen and oxygen atoms in total. The average molecular weight is 194 g/mol. The molecule has 0 amide bonds. The zero-order valence-electron chi connectivity index (χ0n) is 8.16. The zero-order chi connectivity index (χ0) is 9.71. The van der Waals surface area contributed by atoms with Gasteiger partial charge in [-0.2, -0.15) is 4.98 Å². The molecule has 2 N–H and O–H groups in total. The van der Waals surface area contributed by atoms with Crippen LogP contribution in [0.25, 0.3) is 0 Å². The number of nitrogens with one attached hydrogen (secondary N) is 1. The van der Waals surface area contributed by atoms with E-state index < -0.39 is 0 Å². The first-order valence-corrected chi connectivity index (χ1v) is 5.15. The molecule has 4 heteroatoms. The van der Waals surface area contributed by atoms with Gasteiger partial charge in [0.2, 0.25) is 5.88 Å². The Balaban J connectivity index is 1.89. The number of hydrogen-bond acceptors (Lipinski definition) is 3. The second-order valence-electron chi connectivity index (χ2n) is 4.29. The number of imidazole rings is 1. The van der Waals surface area contributed by atoms with Gasteiger partial charge < -0.3 is 14.8 Å². The molecule has 0 aliphatic carbocycles. The van der Waals surface area contributed by atoms with Gasteiger partial charge >= 0.3 is 0 Å². The van der Waals surface area contributed by atoms with Crippen molar-refractivity contribution in [1.29, 1.82) is 0 Å². The van der Waals surface area contributed by atoms with E-state index in [1.807, 2.05) is 6.92 Å². The molecule has 3 unspecified atom stereocenters. The van der Waals surface area contributed by atoms with Crippen molar-refractivity contribution in [3.63, 3.8) is 0 Å². The topological polar surface area (TPSA) is 58.1 Å². The molecule has 2 saturated heterocycles. The van der Waals surface area contributed by atoms with Crippen molar-refractivity contribution in [3.05, 3.63) is 11.5 Å². The maximum atomic E-state index is 9.39. The quantitative estimate of drug-likeness (QED) is 0.711. The standard InChI is InChI=1S/C10H14N2O2/c1-5-10(13)12-9(11-5)7-4-6-2-3-8(7)14-6/h6-8,13H,2-4H2,1H3,(H,11,12). The van der Waals surface area contributed by atoms with Crippen LogP contribution in [-0.2, 0) is 4.74 Å². The van der Waals surface area contributed by atoms with Crippen molar-refractivity contribution < 1.29 is 9.84 Å². The molecule has 0 aromatic carbocycles. The van der Waals surface area contributed by atoms with E-state index in [9.17, 15) is 5.11 Å². The molecule has 14 heavy (non-hydrogen) atoms. The summed E-state index contributed by atoms with van der Waals surface area (Å²) in [5.41, 5.74) is 0.753. The summed E-state index contributed by atoms with van der Waals surface area (Å²) in [7, 11) is 0. The molecule has 1 aromatic rings. The lowest BCUT2D eigenvalue weighted by Crippen LogP contribution is -2.15. The largest absolute Gasteiger partial charge is 0.492 e. The highest BCUT2D eigenvalue weighted by Gasteiger charge is 2.42. The van der Waals surface area contributed by atoms with E-state index in [2.05, 4.69) is 9.97 Å². The maximum Gasteiger partial charge on any atom is 0.232 e. The number of H-pyrrole nitrogens is 1. The van der Waals surface area contributed by atoms with Crippen molar-refractivity contribution in [2.45, 2.75) is 44.3 Å². The first-order valence-electron chi connectivity index (χ1n) is 5.15. The van der Waals surface area contributed by atoms with Crippen LogP contribution in [-0.4, -0.2) is 27.3 Å². The number of aromatic amines is 1. The molecule has 2 aliphatic rings. The van der Waals surface area contributed by atoms with Crippen molar-refractivity contribution in [2.24, 2.45) is 0 Å². The Kier molecular flexibility index (Phi) is 1.62. The van der Waals surface area contributed by atoms with Gasteiger partial charge in [-0.05, 0) is 26.2 Å². The number of aromatic hydroxyl groups is 1. The Morgan fingerprint density at radius 2 is 2.36 bits per heavy atom. The molecule has 2 bridgehead atoms. The Bertz CT molecular complexity index is 342. The fraction of sp³-hybridized carbons (Fsp3) is 0.700. The summed E-state index contributed by atoms with van der Waals surface area (Å²) in [6, 6.07) is 0. The second-order valence-corrected chi connectivity index (χ2v) is 4.29. The fourth-order valence-corrected chi connectivity index (χ4v) is 2.58. The minimum absolute atomic E-state index is 0.128. The third-order valence-corrected chi connectivity index (χ3v) is 3.33. The minimum Gasteiger partial charge on any atom is -0.492 e. The predicted molar refractivity (Wildman–Crippen MR) is 50.2 cm³/mol. The third-order valence-electron chi connectivity index (χ3n) is 3.33. The third kappa shape index (κ3) is 1.07. The van der Waals surface area contributed by atoms with Gasteiger partial charge in [0, 0.05) is 5.92 Å². The lowest BCUT2D eigenvalue weighted by Gasteiger charge is -2.15. The zero-order valence-corrected chi connectivity index (χ0v) is 8.16. The highest BCUT2D eigenvalue weighted by Crippen LogP contribution is 2.43. The summed E-state index contributed by atoms with van der Waals surface area (Å²) in [4.78, 5) is 7.26. The second kappa shape index (κ2) is 2.73. The van der Waals surface area contributed by atoms with E-state index in [1.165, 1.54) is 6.42 Å². The Hall–Kier alpha value is -1.03. The molecule has 1 aromatic heterocycles. The van der Waals surface area contributed by atoms with E-state index in [0.717, 1.165) is 24.4 Å². The number of nitrogens with zero attached hydrogens (tertiary/aromatic N) is 1. The lowest BCUT2D eigenvalue weighted by atomic mass is 9.89. The fourth-order valence-electron chi connectivity index (χ4n) is 2.58. The normalized spacial score (nSPS) is 35.4. The number of aromatic nitrogens is 2. The summed E-state index contributed by atoms with van der Waals surface area (Å²) in [5.74, 6) is 1.39. The summed E-state index contributed by atoms with van der Waals surface area (Å²) >= 11 is 0. The molecular formula is C10H14N2O2. The van der Waals surface area contributed by atoms with Gasteiger partial charge in [-0.25, -0.2) is 0 Å². The summed E-state index contributed by atoms with van der Waals surface area (Å²) in [6.45, 7) is 1.83. The molecule has 3 heterocycles. The summed E-state index contributed by atoms with van der Waals surface area (Å²) in [5, 5.41) is 9.39. The summed E-state index contributed by atoms with van der Waals surface area (Å²) in [6.07, 6.45) is 4.13. The molecular weight excluding hydrogens is 180 g/mol. The molecule has 0 spiro atoms. The maximum absolute atomic E-state index is 9.39. The van der Waals surface area contributed by atoms with Crippen LogP contribution in [0.5, 0.6) is 5.88 Å². The number of fused-ring (bicyclic) bond motifs is 2. The first kappa shape index (κ1) is 8.29. The number of rotatable bonds is 1. The van der Waals surface area contributed by atoms with E-state index in [0.29, 0.717) is 18.1 Å². The lowest BCUT2D eigenvalue weighted by molar-refractivity contribution is 0.0999. The van der Waals surface area contributed by atoms with Crippen molar-refractivity contribution in [2.75, 3.05) is 0 Å². The molecule has 2 aliphatic heterocycles. The van der Waals surface area contributed by atoms with E-state index in [-0.39, 0.29) is 5.88 Å². The van der Waals surface area contributed by atoms with Crippen molar-refractivity contribution in [3.8, 4) is 5.88 Å². The van der Waals surface area contributed by atoms with Gasteiger partial charge in [0.25, 0.3) is 0 Å². The predicted octanol–water partition coefficient (Wildman–Crippen LogP) is 1.46. The first-order chi connectivity index (χ1) is 6.74. The SMILES string of the molecule is Cc1[nH]c(C2CC3CCC2O3)nc1O. The van der Waals surface area contributed by atoms with E-state index in [4.69, 9.17) is 4.74 Å². The Morgan fingerprint density at radius 1 is 1.50 bits per heavy atom. The summed E-state index contributed by atoms with van der Waals surface area (Å²) < 4.78 is 5.75. The molecule has 0 radical (unpaired) electrons. The smallest absolute Gasteiger partial charge is 0.232 e. The highest BCUT2D eigenvalue weighted by atomic mass is 16.5. The molecule has 3 rings (SSSR count).